The summed E-state index contributed by atoms with van der Waals surface area (Å²) in [5, 5.41) is 3.48. The van der Waals surface area contributed by atoms with Crippen LogP contribution >= 0.6 is 0 Å². The van der Waals surface area contributed by atoms with Gasteiger partial charge in [-0.25, -0.2) is 4.39 Å². The van der Waals surface area contributed by atoms with E-state index in [1.165, 1.54) is 25.3 Å². The summed E-state index contributed by atoms with van der Waals surface area (Å²) in [5.41, 5.74) is 1.10. The highest BCUT2D eigenvalue weighted by Gasteiger charge is 2.20. The lowest BCUT2D eigenvalue weighted by Crippen LogP contribution is -2.51. The lowest BCUT2D eigenvalue weighted by atomic mass is 10.0. The van der Waals surface area contributed by atoms with E-state index in [9.17, 15) is 4.39 Å². The molecule has 0 saturated carbocycles. The molecule has 1 aromatic rings. The maximum Gasteiger partial charge on any atom is 0.123 e. The van der Waals surface area contributed by atoms with Gasteiger partial charge in [-0.1, -0.05) is 31.9 Å². The quantitative estimate of drug-likeness (QED) is 0.850. The molecule has 2 nitrogen and oxygen atoms in total. The predicted molar refractivity (Wildman–Crippen MR) is 77.9 cm³/mol. The molecule has 2 rings (SSSR count). The number of hydrogen-bond donors (Lipinski definition) is 1. The number of halogens is 1. The van der Waals surface area contributed by atoms with Crippen molar-refractivity contribution in [1.29, 1.82) is 0 Å². The van der Waals surface area contributed by atoms with Gasteiger partial charge >= 0.3 is 0 Å². The van der Waals surface area contributed by atoms with Crippen molar-refractivity contribution in [3.8, 4) is 0 Å². The summed E-state index contributed by atoms with van der Waals surface area (Å²) in [6, 6.07) is 7.65. The number of nitrogens with zero attached hydrogens (tertiary/aromatic N) is 1. The first-order valence-electron chi connectivity index (χ1n) is 7.49. The predicted octanol–water partition coefficient (Wildman–Crippen LogP) is 2.83. The minimum atomic E-state index is -0.125. The van der Waals surface area contributed by atoms with E-state index in [0.717, 1.165) is 38.2 Å². The Morgan fingerprint density at radius 2 is 2.32 bits per heavy atom. The smallest absolute Gasteiger partial charge is 0.123 e. The first-order chi connectivity index (χ1) is 9.29. The zero-order valence-corrected chi connectivity index (χ0v) is 11.9. The van der Waals surface area contributed by atoms with Crippen LogP contribution in [0.1, 0.15) is 31.7 Å². The maximum atomic E-state index is 13.2. The van der Waals surface area contributed by atoms with Gasteiger partial charge in [-0.15, -0.1) is 0 Å². The lowest BCUT2D eigenvalue weighted by Gasteiger charge is -2.36. The van der Waals surface area contributed by atoms with Gasteiger partial charge in [0, 0.05) is 32.2 Å². The number of unbranched alkanes of at least 4 members (excludes halogenated alkanes) is 1. The van der Waals surface area contributed by atoms with Gasteiger partial charge in [-0.2, -0.15) is 0 Å². The highest BCUT2D eigenvalue weighted by Crippen LogP contribution is 2.13. The summed E-state index contributed by atoms with van der Waals surface area (Å²) >= 11 is 0. The van der Waals surface area contributed by atoms with Gasteiger partial charge in [0.2, 0.25) is 0 Å². The molecule has 1 saturated heterocycles. The first kappa shape index (κ1) is 14.5. The lowest BCUT2D eigenvalue weighted by molar-refractivity contribution is 0.152. The maximum absolute atomic E-state index is 13.2. The van der Waals surface area contributed by atoms with Gasteiger partial charge in [0.1, 0.15) is 5.82 Å². The van der Waals surface area contributed by atoms with Crippen LogP contribution in [-0.2, 0) is 6.42 Å². The molecule has 0 spiro atoms. The molecular weight excluding hydrogens is 239 g/mol. The molecule has 1 aliphatic heterocycles. The first-order valence-corrected chi connectivity index (χ1v) is 7.49. The summed E-state index contributed by atoms with van der Waals surface area (Å²) in [5.74, 6) is -0.125. The highest BCUT2D eigenvalue weighted by molar-refractivity contribution is 5.16. The van der Waals surface area contributed by atoms with Gasteiger partial charge in [0.15, 0.2) is 0 Å². The zero-order chi connectivity index (χ0) is 13.5. The third kappa shape index (κ3) is 4.59. The van der Waals surface area contributed by atoms with Crippen molar-refractivity contribution < 1.29 is 4.39 Å². The molecule has 0 bridgehead atoms. The average molecular weight is 264 g/mol. The van der Waals surface area contributed by atoms with Crippen LogP contribution in [-0.4, -0.2) is 37.1 Å². The molecule has 0 radical (unpaired) electrons. The van der Waals surface area contributed by atoms with Crippen molar-refractivity contribution in [3.63, 3.8) is 0 Å². The van der Waals surface area contributed by atoms with Crippen LogP contribution in [0.25, 0.3) is 0 Å². The summed E-state index contributed by atoms with van der Waals surface area (Å²) in [6.07, 6.45) is 4.77. The van der Waals surface area contributed by atoms with E-state index in [1.54, 1.807) is 12.1 Å². The van der Waals surface area contributed by atoms with Gasteiger partial charge < -0.3 is 5.32 Å². The molecule has 19 heavy (non-hydrogen) atoms. The van der Waals surface area contributed by atoms with Crippen LogP contribution in [0.5, 0.6) is 0 Å². The Bertz CT molecular complexity index is 381. The van der Waals surface area contributed by atoms with Crippen molar-refractivity contribution in [3.05, 3.63) is 35.6 Å². The van der Waals surface area contributed by atoms with Crippen molar-refractivity contribution >= 4 is 0 Å². The van der Waals surface area contributed by atoms with E-state index in [1.807, 2.05) is 6.07 Å². The molecule has 1 aromatic carbocycles. The Hall–Kier alpha value is -0.930. The molecule has 0 aliphatic carbocycles. The molecule has 1 atom stereocenters. The normalized spacial score (nSPS) is 20.6. The number of piperazine rings is 1. The molecular formula is C16H25FN2. The fraction of sp³-hybridized carbons (Fsp3) is 0.625. The average Bonchev–Trinajstić information content (AvgIpc) is 2.44. The van der Waals surface area contributed by atoms with Crippen molar-refractivity contribution in [2.75, 3.05) is 26.2 Å². The van der Waals surface area contributed by atoms with E-state index in [0.29, 0.717) is 6.04 Å². The topological polar surface area (TPSA) is 15.3 Å². The largest absolute Gasteiger partial charge is 0.314 e. The molecule has 1 heterocycles. The fourth-order valence-corrected chi connectivity index (χ4v) is 2.79. The molecule has 3 heteroatoms. The third-order valence-electron chi connectivity index (χ3n) is 3.94. The molecule has 0 aromatic heterocycles. The second-order valence-electron chi connectivity index (χ2n) is 5.42. The van der Waals surface area contributed by atoms with E-state index in [-0.39, 0.29) is 5.82 Å². The second-order valence-corrected chi connectivity index (χ2v) is 5.42. The van der Waals surface area contributed by atoms with E-state index < -0.39 is 0 Å². The van der Waals surface area contributed by atoms with E-state index >= 15 is 0 Å². The van der Waals surface area contributed by atoms with Gasteiger partial charge in [-0.05, 0) is 30.5 Å². The summed E-state index contributed by atoms with van der Waals surface area (Å²) in [4.78, 5) is 2.57. The molecule has 1 aliphatic rings. The summed E-state index contributed by atoms with van der Waals surface area (Å²) in [7, 11) is 0. The van der Waals surface area contributed by atoms with Crippen LogP contribution in [0, 0.1) is 5.82 Å². The van der Waals surface area contributed by atoms with E-state index in [4.69, 9.17) is 0 Å². The number of nitrogens with one attached hydrogen (secondary N) is 1. The molecule has 1 fully saturated rings. The minimum absolute atomic E-state index is 0.125. The van der Waals surface area contributed by atoms with Crippen LogP contribution in [0.15, 0.2) is 24.3 Å². The molecule has 1 N–H and O–H groups in total. The van der Waals surface area contributed by atoms with Crippen LogP contribution in [0.4, 0.5) is 4.39 Å². The Balaban J connectivity index is 1.85. The number of hydrogen-bond acceptors (Lipinski definition) is 2. The van der Waals surface area contributed by atoms with Crippen molar-refractivity contribution in [2.45, 2.75) is 38.6 Å². The fourth-order valence-electron chi connectivity index (χ4n) is 2.79. The minimum Gasteiger partial charge on any atom is -0.314 e. The number of benzene rings is 1. The SMILES string of the molecule is CCCC[C@@H]1CNCCN1CCc1cccc(F)c1. The molecule has 0 unspecified atom stereocenters. The van der Waals surface area contributed by atoms with Gasteiger partial charge in [0.05, 0.1) is 0 Å². The second kappa shape index (κ2) is 7.61. The molecule has 0 amide bonds. The highest BCUT2D eigenvalue weighted by atomic mass is 19.1. The van der Waals surface area contributed by atoms with Crippen molar-refractivity contribution in [2.24, 2.45) is 0 Å². The standard InChI is InChI=1S/C16H25FN2/c1-2-3-7-16-13-18-9-11-19(16)10-8-14-5-4-6-15(17)12-14/h4-6,12,16,18H,2-3,7-11,13H2,1H3/t16-/m1/s1. The third-order valence-corrected chi connectivity index (χ3v) is 3.94. The van der Waals surface area contributed by atoms with Crippen LogP contribution in [0.3, 0.4) is 0 Å². The zero-order valence-electron chi connectivity index (χ0n) is 11.9. The Morgan fingerprint density at radius 1 is 1.42 bits per heavy atom. The van der Waals surface area contributed by atoms with Crippen molar-refractivity contribution in [1.82, 2.24) is 10.2 Å². The van der Waals surface area contributed by atoms with Gasteiger partial charge in [-0.3, -0.25) is 4.90 Å². The summed E-state index contributed by atoms with van der Waals surface area (Å²) in [6.45, 7) is 6.57. The van der Waals surface area contributed by atoms with Gasteiger partial charge in [0.25, 0.3) is 0 Å². The Labute approximate surface area is 116 Å². The monoisotopic (exact) mass is 264 g/mol. The van der Waals surface area contributed by atoms with E-state index in [2.05, 4.69) is 17.1 Å². The Kier molecular flexibility index (Phi) is 5.80. The van der Waals surface area contributed by atoms with Crippen LogP contribution in [0.2, 0.25) is 0 Å². The number of rotatable bonds is 6. The molecule has 106 valence electrons. The summed E-state index contributed by atoms with van der Waals surface area (Å²) < 4.78 is 13.2. The van der Waals surface area contributed by atoms with Crippen LogP contribution < -0.4 is 5.32 Å². The Morgan fingerprint density at radius 3 is 3.11 bits per heavy atom.